The second kappa shape index (κ2) is 4.33. The first kappa shape index (κ1) is 11.1. The predicted molar refractivity (Wildman–Crippen MR) is 67.0 cm³/mol. The summed E-state index contributed by atoms with van der Waals surface area (Å²) < 4.78 is 4.92. The van der Waals surface area contributed by atoms with Crippen LogP contribution in [0.1, 0.15) is 37.4 Å². The molecule has 0 radical (unpaired) electrons. The second-order valence-corrected chi connectivity index (χ2v) is 5.72. The summed E-state index contributed by atoms with van der Waals surface area (Å²) in [5.41, 5.74) is 0.330. The van der Waals surface area contributed by atoms with Crippen LogP contribution in [-0.2, 0) is 6.54 Å². The van der Waals surface area contributed by atoms with Gasteiger partial charge in [-0.1, -0.05) is 29.8 Å². The van der Waals surface area contributed by atoms with Crippen molar-refractivity contribution in [3.05, 3.63) is 11.7 Å². The maximum Gasteiger partial charge on any atom is 0.223 e. The Labute approximate surface area is 104 Å². The quantitative estimate of drug-likeness (QED) is 0.870. The summed E-state index contributed by atoms with van der Waals surface area (Å²) in [5, 5.41) is 8.44. The highest BCUT2D eigenvalue weighted by Gasteiger charge is 2.39. The first-order chi connectivity index (χ1) is 8.26. The third kappa shape index (κ3) is 2.31. The van der Waals surface area contributed by atoms with Gasteiger partial charge in [-0.05, 0) is 12.8 Å². The Balaban J connectivity index is 1.62. The minimum Gasteiger partial charge on any atom is -0.359 e. The second-order valence-electron chi connectivity index (χ2n) is 4.75. The fourth-order valence-corrected chi connectivity index (χ4v) is 3.68. The number of nitrogens with one attached hydrogen (secondary N) is 1. The molecule has 1 aromatic heterocycles. The summed E-state index contributed by atoms with van der Waals surface area (Å²) in [6.07, 6.45) is 5.23. The SMILES string of the molecule is Cc1nc(CN=C2NC3(CCCC3)CS2)no1. The lowest BCUT2D eigenvalue weighted by molar-refractivity contribution is 0.387. The van der Waals surface area contributed by atoms with Crippen molar-refractivity contribution in [2.24, 2.45) is 4.99 Å². The maximum absolute atomic E-state index is 4.92. The lowest BCUT2D eigenvalue weighted by Gasteiger charge is -2.21. The first-order valence-electron chi connectivity index (χ1n) is 6.00. The standard InChI is InChI=1S/C11H16N4OS/c1-8-13-9(15-16-8)6-12-10-14-11(7-17-10)4-2-3-5-11/h2-7H2,1H3,(H,12,14). The molecule has 92 valence electrons. The number of thioether (sulfide) groups is 1. The smallest absolute Gasteiger partial charge is 0.223 e. The Hall–Kier alpha value is -1.04. The zero-order valence-electron chi connectivity index (χ0n) is 9.90. The fourth-order valence-electron chi connectivity index (χ4n) is 2.46. The molecule has 1 saturated heterocycles. The molecular formula is C11H16N4OS. The van der Waals surface area contributed by atoms with Crippen molar-refractivity contribution >= 4 is 16.9 Å². The Kier molecular flexibility index (Phi) is 2.82. The van der Waals surface area contributed by atoms with E-state index >= 15 is 0 Å². The highest BCUT2D eigenvalue weighted by atomic mass is 32.2. The van der Waals surface area contributed by atoms with E-state index in [1.807, 2.05) is 11.8 Å². The zero-order valence-corrected chi connectivity index (χ0v) is 10.7. The molecule has 0 unspecified atom stereocenters. The van der Waals surface area contributed by atoms with Gasteiger partial charge in [-0.2, -0.15) is 4.98 Å². The van der Waals surface area contributed by atoms with Gasteiger partial charge in [0.05, 0.1) is 0 Å². The molecule has 2 fully saturated rings. The Morgan fingerprint density at radius 1 is 1.47 bits per heavy atom. The number of amidine groups is 1. The minimum absolute atomic E-state index is 0.330. The highest BCUT2D eigenvalue weighted by molar-refractivity contribution is 8.14. The third-order valence-electron chi connectivity index (χ3n) is 3.35. The van der Waals surface area contributed by atoms with E-state index in [2.05, 4.69) is 20.4 Å². The van der Waals surface area contributed by atoms with E-state index in [1.54, 1.807) is 6.92 Å². The van der Waals surface area contributed by atoms with Gasteiger partial charge in [-0.15, -0.1) is 0 Å². The highest BCUT2D eigenvalue weighted by Crippen LogP contribution is 2.37. The lowest BCUT2D eigenvalue weighted by atomic mass is 10.0. The van der Waals surface area contributed by atoms with Gasteiger partial charge >= 0.3 is 0 Å². The molecule has 6 heteroatoms. The van der Waals surface area contributed by atoms with Crippen LogP contribution in [0.4, 0.5) is 0 Å². The maximum atomic E-state index is 4.92. The summed E-state index contributed by atoms with van der Waals surface area (Å²) in [6.45, 7) is 2.29. The molecule has 1 aliphatic carbocycles. The minimum atomic E-state index is 0.330. The van der Waals surface area contributed by atoms with Gasteiger partial charge in [0.2, 0.25) is 5.89 Å². The number of rotatable bonds is 2. The van der Waals surface area contributed by atoms with Crippen LogP contribution in [-0.4, -0.2) is 26.6 Å². The number of aryl methyl sites for hydroxylation is 1. The van der Waals surface area contributed by atoms with Crippen LogP contribution in [0.25, 0.3) is 0 Å². The van der Waals surface area contributed by atoms with Crippen LogP contribution in [0.3, 0.4) is 0 Å². The van der Waals surface area contributed by atoms with Crippen molar-refractivity contribution < 1.29 is 4.52 Å². The largest absolute Gasteiger partial charge is 0.359 e. The summed E-state index contributed by atoms with van der Waals surface area (Å²) >= 11 is 1.82. The fraction of sp³-hybridized carbons (Fsp3) is 0.727. The zero-order chi connectivity index (χ0) is 11.7. The third-order valence-corrected chi connectivity index (χ3v) is 4.55. The van der Waals surface area contributed by atoms with Crippen molar-refractivity contribution in [3.63, 3.8) is 0 Å². The molecule has 2 heterocycles. The van der Waals surface area contributed by atoms with E-state index in [1.165, 1.54) is 25.7 Å². The van der Waals surface area contributed by atoms with Gasteiger partial charge in [-0.25, -0.2) is 0 Å². The van der Waals surface area contributed by atoms with Crippen LogP contribution < -0.4 is 5.32 Å². The van der Waals surface area contributed by atoms with Crippen molar-refractivity contribution in [3.8, 4) is 0 Å². The van der Waals surface area contributed by atoms with Gasteiger partial charge in [0, 0.05) is 18.2 Å². The average molecular weight is 252 g/mol. The Morgan fingerprint density at radius 2 is 2.29 bits per heavy atom. The van der Waals surface area contributed by atoms with Crippen molar-refractivity contribution in [2.45, 2.75) is 44.7 Å². The molecule has 1 saturated carbocycles. The molecule has 0 atom stereocenters. The molecule has 17 heavy (non-hydrogen) atoms. The molecule has 1 aromatic rings. The molecule has 3 rings (SSSR count). The van der Waals surface area contributed by atoms with Crippen LogP contribution in [0.15, 0.2) is 9.52 Å². The number of hydrogen-bond acceptors (Lipinski definition) is 5. The predicted octanol–water partition coefficient (Wildman–Crippen LogP) is 1.88. The molecule has 0 bridgehead atoms. The summed E-state index contributed by atoms with van der Waals surface area (Å²) in [6, 6.07) is 0. The first-order valence-corrected chi connectivity index (χ1v) is 6.99. The lowest BCUT2D eigenvalue weighted by Crippen LogP contribution is -2.40. The molecule has 0 aromatic carbocycles. The molecule has 5 nitrogen and oxygen atoms in total. The Morgan fingerprint density at radius 3 is 3.00 bits per heavy atom. The molecule has 1 aliphatic heterocycles. The van der Waals surface area contributed by atoms with Crippen LogP contribution in [0.2, 0.25) is 0 Å². The summed E-state index contributed by atoms with van der Waals surface area (Å²) in [5.74, 6) is 2.40. The number of aromatic nitrogens is 2. The molecule has 1 spiro atoms. The van der Waals surface area contributed by atoms with Crippen molar-refractivity contribution in [2.75, 3.05) is 5.75 Å². The normalized spacial score (nSPS) is 24.6. The average Bonchev–Trinajstić information content (AvgIpc) is 3.01. The van der Waals surface area contributed by atoms with E-state index in [0.29, 0.717) is 23.8 Å². The van der Waals surface area contributed by atoms with E-state index in [4.69, 9.17) is 4.52 Å². The van der Waals surface area contributed by atoms with E-state index in [9.17, 15) is 0 Å². The van der Waals surface area contributed by atoms with Crippen molar-refractivity contribution in [1.29, 1.82) is 0 Å². The van der Waals surface area contributed by atoms with Gasteiger partial charge < -0.3 is 9.84 Å². The van der Waals surface area contributed by atoms with Crippen LogP contribution in [0.5, 0.6) is 0 Å². The van der Waals surface area contributed by atoms with Crippen LogP contribution in [0, 0.1) is 6.92 Å². The molecule has 0 amide bonds. The number of aliphatic imine (C=N–C) groups is 1. The van der Waals surface area contributed by atoms with E-state index in [0.717, 1.165) is 10.9 Å². The summed E-state index contributed by atoms with van der Waals surface area (Å²) in [7, 11) is 0. The molecule has 2 aliphatic rings. The topological polar surface area (TPSA) is 63.3 Å². The van der Waals surface area contributed by atoms with Gasteiger partial charge in [-0.3, -0.25) is 4.99 Å². The number of nitrogens with zero attached hydrogens (tertiary/aromatic N) is 3. The molecular weight excluding hydrogens is 236 g/mol. The van der Waals surface area contributed by atoms with Crippen LogP contribution >= 0.6 is 11.8 Å². The Bertz CT molecular complexity index is 436. The van der Waals surface area contributed by atoms with Gasteiger partial charge in [0.1, 0.15) is 6.54 Å². The monoisotopic (exact) mass is 252 g/mol. The van der Waals surface area contributed by atoms with Gasteiger partial charge in [0.25, 0.3) is 0 Å². The number of hydrogen-bond donors (Lipinski definition) is 1. The molecule has 1 N–H and O–H groups in total. The summed E-state index contributed by atoms with van der Waals surface area (Å²) in [4.78, 5) is 8.65. The van der Waals surface area contributed by atoms with Crippen molar-refractivity contribution in [1.82, 2.24) is 15.5 Å². The van der Waals surface area contributed by atoms with E-state index < -0.39 is 0 Å². The van der Waals surface area contributed by atoms with E-state index in [-0.39, 0.29) is 0 Å². The van der Waals surface area contributed by atoms with Gasteiger partial charge in [0.15, 0.2) is 11.0 Å².